The number of carbonyl (C=O) groups is 1. The van der Waals surface area contributed by atoms with Gasteiger partial charge in [-0.3, -0.25) is 4.79 Å². The van der Waals surface area contributed by atoms with Crippen LogP contribution in [0.15, 0.2) is 18.2 Å². The third-order valence-electron chi connectivity index (χ3n) is 3.92. The van der Waals surface area contributed by atoms with Crippen molar-refractivity contribution in [2.75, 3.05) is 5.88 Å². The monoisotopic (exact) mass is 324 g/mol. The van der Waals surface area contributed by atoms with Crippen LogP contribution in [0.25, 0.3) is 0 Å². The van der Waals surface area contributed by atoms with Crippen molar-refractivity contribution < 1.29 is 4.79 Å². The smallest absolute Gasteiger partial charge is 0.238 e. The number of hydrogen-bond donors (Lipinski definition) is 0. The average Bonchev–Trinajstić information content (AvgIpc) is 2.38. The van der Waals surface area contributed by atoms with E-state index in [-0.39, 0.29) is 17.8 Å². The van der Waals surface area contributed by atoms with Gasteiger partial charge in [0.25, 0.3) is 0 Å². The van der Waals surface area contributed by atoms with Crippen LogP contribution in [-0.4, -0.2) is 22.7 Å². The fourth-order valence-corrected chi connectivity index (χ4v) is 3.31. The number of benzene rings is 1. The number of nitrogens with zero attached hydrogens (tertiary/aromatic N) is 2. The molecule has 2 rings (SSSR count). The molecule has 1 aromatic carbocycles. The van der Waals surface area contributed by atoms with E-state index in [2.05, 4.69) is 6.07 Å². The van der Waals surface area contributed by atoms with E-state index >= 15 is 0 Å². The zero-order valence-corrected chi connectivity index (χ0v) is 13.5. The Bertz CT molecular complexity index is 542. The molecule has 0 radical (unpaired) electrons. The van der Waals surface area contributed by atoms with Gasteiger partial charge in [0, 0.05) is 24.0 Å². The Kier molecular flexibility index (Phi) is 5.50. The summed E-state index contributed by atoms with van der Waals surface area (Å²) in [5.41, 5.74) is 2.09. The molecule has 0 N–H and O–H groups in total. The predicted octanol–water partition coefficient (Wildman–Crippen LogP) is 3.91. The third-order valence-corrected chi connectivity index (χ3v) is 4.37. The number of nitriles is 1. The largest absolute Gasteiger partial charge is 0.334 e. The normalized spacial score (nSPS) is 20.5. The molecule has 112 valence electrons. The Hall–Kier alpha value is -1.24. The second kappa shape index (κ2) is 7.15. The van der Waals surface area contributed by atoms with E-state index in [1.807, 2.05) is 30.0 Å². The maximum atomic E-state index is 12.1. The van der Waals surface area contributed by atoms with E-state index < -0.39 is 0 Å². The standard InChI is InChI=1S/C16H18Cl2N2O/c1-11-4-13(6-14(18)5-11)10-20(16(21)9-17)15-7-12(8-15)2-3-19/h4-6,12,15H,2,7-10H2,1H3. The average molecular weight is 325 g/mol. The van der Waals surface area contributed by atoms with Crippen molar-refractivity contribution in [3.63, 3.8) is 0 Å². The quantitative estimate of drug-likeness (QED) is 0.771. The lowest BCUT2D eigenvalue weighted by atomic mass is 9.77. The van der Waals surface area contributed by atoms with E-state index in [4.69, 9.17) is 28.5 Å². The minimum Gasteiger partial charge on any atom is -0.334 e. The van der Waals surface area contributed by atoms with E-state index in [0.717, 1.165) is 24.0 Å². The van der Waals surface area contributed by atoms with Gasteiger partial charge in [-0.25, -0.2) is 0 Å². The molecule has 3 nitrogen and oxygen atoms in total. The molecule has 0 unspecified atom stereocenters. The number of hydrogen-bond acceptors (Lipinski definition) is 2. The van der Waals surface area contributed by atoms with E-state index in [0.29, 0.717) is 23.9 Å². The first-order valence-corrected chi connectivity index (χ1v) is 7.93. The molecular weight excluding hydrogens is 307 g/mol. The second-order valence-corrected chi connectivity index (χ2v) is 6.35. The molecule has 1 amide bonds. The Balaban J connectivity index is 2.07. The molecule has 0 aliphatic heterocycles. The van der Waals surface area contributed by atoms with Gasteiger partial charge in [-0.15, -0.1) is 11.6 Å². The lowest BCUT2D eigenvalue weighted by molar-refractivity contribution is -0.134. The first-order valence-electron chi connectivity index (χ1n) is 7.02. The molecule has 21 heavy (non-hydrogen) atoms. The summed E-state index contributed by atoms with van der Waals surface area (Å²) in [7, 11) is 0. The van der Waals surface area contributed by atoms with Crippen molar-refractivity contribution in [3.8, 4) is 6.07 Å². The number of amides is 1. The van der Waals surface area contributed by atoms with Crippen molar-refractivity contribution in [1.82, 2.24) is 4.90 Å². The van der Waals surface area contributed by atoms with Crippen molar-refractivity contribution in [1.29, 1.82) is 5.26 Å². The lowest BCUT2D eigenvalue weighted by Crippen LogP contribution is -2.47. The first kappa shape index (κ1) is 16.1. The molecule has 0 saturated heterocycles. The highest BCUT2D eigenvalue weighted by Gasteiger charge is 2.35. The van der Waals surface area contributed by atoms with Crippen LogP contribution in [-0.2, 0) is 11.3 Å². The predicted molar refractivity (Wildman–Crippen MR) is 84.2 cm³/mol. The van der Waals surface area contributed by atoms with Crippen LogP contribution in [0.5, 0.6) is 0 Å². The summed E-state index contributed by atoms with van der Waals surface area (Å²) in [4.78, 5) is 13.9. The zero-order valence-electron chi connectivity index (χ0n) is 12.0. The van der Waals surface area contributed by atoms with Gasteiger partial charge in [-0.05, 0) is 48.9 Å². The van der Waals surface area contributed by atoms with Gasteiger partial charge < -0.3 is 4.90 Å². The Morgan fingerprint density at radius 3 is 2.71 bits per heavy atom. The van der Waals surface area contributed by atoms with E-state index in [1.54, 1.807) is 0 Å². The number of alkyl halides is 1. The minimum atomic E-state index is -0.0605. The molecule has 0 heterocycles. The lowest BCUT2D eigenvalue weighted by Gasteiger charge is -2.42. The number of aryl methyl sites for hydroxylation is 1. The summed E-state index contributed by atoms with van der Waals surface area (Å²) in [5.74, 6) is 0.334. The molecule has 5 heteroatoms. The van der Waals surface area contributed by atoms with Crippen molar-refractivity contribution in [2.24, 2.45) is 5.92 Å². The second-order valence-electron chi connectivity index (χ2n) is 5.65. The zero-order chi connectivity index (χ0) is 15.4. The Labute approximate surface area is 135 Å². The van der Waals surface area contributed by atoms with Gasteiger partial charge >= 0.3 is 0 Å². The van der Waals surface area contributed by atoms with Gasteiger partial charge in [0.1, 0.15) is 5.88 Å². The van der Waals surface area contributed by atoms with Gasteiger partial charge in [-0.1, -0.05) is 17.7 Å². The fourth-order valence-electron chi connectivity index (χ4n) is 2.85. The van der Waals surface area contributed by atoms with Gasteiger partial charge in [-0.2, -0.15) is 5.26 Å². The van der Waals surface area contributed by atoms with Crippen molar-refractivity contribution >= 4 is 29.1 Å². The van der Waals surface area contributed by atoms with E-state index in [9.17, 15) is 4.79 Å². The van der Waals surface area contributed by atoms with Crippen LogP contribution in [0.1, 0.15) is 30.4 Å². The molecule has 0 atom stereocenters. The van der Waals surface area contributed by atoms with Gasteiger partial charge in [0.2, 0.25) is 5.91 Å². The number of carbonyl (C=O) groups excluding carboxylic acids is 1. The number of rotatable bonds is 5. The van der Waals surface area contributed by atoms with Gasteiger partial charge in [0.05, 0.1) is 6.07 Å². The molecule has 0 aromatic heterocycles. The highest BCUT2D eigenvalue weighted by molar-refractivity contribution is 6.30. The Morgan fingerprint density at radius 1 is 1.43 bits per heavy atom. The molecule has 0 spiro atoms. The highest BCUT2D eigenvalue weighted by atomic mass is 35.5. The summed E-state index contributed by atoms with van der Waals surface area (Å²) in [6, 6.07) is 8.19. The molecule has 1 fully saturated rings. The summed E-state index contributed by atoms with van der Waals surface area (Å²) < 4.78 is 0. The minimum absolute atomic E-state index is 0.0149. The van der Waals surface area contributed by atoms with Crippen LogP contribution in [0, 0.1) is 24.2 Å². The van der Waals surface area contributed by atoms with Crippen molar-refractivity contribution in [3.05, 3.63) is 34.3 Å². The fraction of sp³-hybridized carbons (Fsp3) is 0.500. The third kappa shape index (κ3) is 4.12. The van der Waals surface area contributed by atoms with Crippen LogP contribution in [0.3, 0.4) is 0 Å². The Morgan fingerprint density at radius 2 is 2.14 bits per heavy atom. The van der Waals surface area contributed by atoms with E-state index in [1.165, 1.54) is 0 Å². The van der Waals surface area contributed by atoms with Gasteiger partial charge in [0.15, 0.2) is 0 Å². The summed E-state index contributed by atoms with van der Waals surface area (Å²) >= 11 is 11.8. The summed E-state index contributed by atoms with van der Waals surface area (Å²) in [5, 5.41) is 9.39. The van der Waals surface area contributed by atoms with Crippen LogP contribution in [0.2, 0.25) is 5.02 Å². The topological polar surface area (TPSA) is 44.1 Å². The SMILES string of the molecule is Cc1cc(Cl)cc(CN(C(=O)CCl)C2CC(CC#N)C2)c1. The molecule has 1 aliphatic carbocycles. The summed E-state index contributed by atoms with van der Waals surface area (Å²) in [6.07, 6.45) is 2.33. The first-order chi connectivity index (χ1) is 10.0. The molecular formula is C16H18Cl2N2O. The molecule has 1 saturated carbocycles. The molecule has 1 aliphatic rings. The van der Waals surface area contributed by atoms with Crippen LogP contribution in [0.4, 0.5) is 0 Å². The van der Waals surface area contributed by atoms with Crippen LogP contribution < -0.4 is 0 Å². The highest BCUT2D eigenvalue weighted by Crippen LogP contribution is 2.35. The maximum absolute atomic E-state index is 12.1. The van der Waals surface area contributed by atoms with Crippen LogP contribution >= 0.6 is 23.2 Å². The van der Waals surface area contributed by atoms with Crippen molar-refractivity contribution in [2.45, 2.75) is 38.8 Å². The number of halogens is 2. The maximum Gasteiger partial charge on any atom is 0.238 e. The molecule has 0 bridgehead atoms. The molecule has 1 aromatic rings. The summed E-state index contributed by atoms with van der Waals surface area (Å²) in [6.45, 7) is 2.51.